The lowest BCUT2D eigenvalue weighted by molar-refractivity contribution is 0.262. The highest BCUT2D eigenvalue weighted by molar-refractivity contribution is 5.32. The standard InChI is InChI=1S/C17H26O/c1-5-6-17(9-10-18)15(4)12-16-8-7-13(2)14(3)11-16/h7-8,11,17-18H,4-6,9-10,12H2,1-3H3. The van der Waals surface area contributed by atoms with Crippen LogP contribution in [0.3, 0.4) is 0 Å². The van der Waals surface area contributed by atoms with Gasteiger partial charge in [-0.25, -0.2) is 0 Å². The Labute approximate surface area is 112 Å². The van der Waals surface area contributed by atoms with Crippen LogP contribution >= 0.6 is 0 Å². The van der Waals surface area contributed by atoms with E-state index >= 15 is 0 Å². The summed E-state index contributed by atoms with van der Waals surface area (Å²) in [5.41, 5.74) is 5.27. The zero-order valence-corrected chi connectivity index (χ0v) is 12.0. The molecule has 0 heterocycles. The molecule has 1 rings (SSSR count). The molecule has 0 radical (unpaired) electrons. The van der Waals surface area contributed by atoms with Gasteiger partial charge in [0.25, 0.3) is 0 Å². The molecule has 0 aliphatic carbocycles. The van der Waals surface area contributed by atoms with Crippen LogP contribution in [0.5, 0.6) is 0 Å². The third-order valence-electron chi connectivity index (χ3n) is 3.69. The Morgan fingerprint density at radius 1 is 1.22 bits per heavy atom. The Morgan fingerprint density at radius 2 is 1.94 bits per heavy atom. The predicted octanol–water partition coefficient (Wildman–Crippen LogP) is 4.20. The average Bonchev–Trinajstić information content (AvgIpc) is 2.33. The molecule has 18 heavy (non-hydrogen) atoms. The zero-order valence-electron chi connectivity index (χ0n) is 12.0. The van der Waals surface area contributed by atoms with Crippen LogP contribution in [0, 0.1) is 19.8 Å². The third-order valence-corrected chi connectivity index (χ3v) is 3.69. The van der Waals surface area contributed by atoms with Crippen LogP contribution in [0.15, 0.2) is 30.4 Å². The molecule has 1 aromatic carbocycles. The van der Waals surface area contributed by atoms with Crippen molar-refractivity contribution in [2.75, 3.05) is 6.61 Å². The lowest BCUT2D eigenvalue weighted by Gasteiger charge is -2.18. The van der Waals surface area contributed by atoms with Crippen LogP contribution in [0.25, 0.3) is 0 Å². The summed E-state index contributed by atoms with van der Waals surface area (Å²) in [5.74, 6) is 0.460. The molecular formula is C17H26O. The van der Waals surface area contributed by atoms with Gasteiger partial charge >= 0.3 is 0 Å². The van der Waals surface area contributed by atoms with E-state index in [-0.39, 0.29) is 6.61 Å². The lowest BCUT2D eigenvalue weighted by atomic mass is 9.88. The molecule has 100 valence electrons. The quantitative estimate of drug-likeness (QED) is 0.715. The highest BCUT2D eigenvalue weighted by Crippen LogP contribution is 2.23. The molecule has 0 aliphatic heterocycles. The number of aliphatic hydroxyl groups excluding tert-OH is 1. The first-order valence-corrected chi connectivity index (χ1v) is 6.93. The van der Waals surface area contributed by atoms with Crippen molar-refractivity contribution in [2.24, 2.45) is 5.92 Å². The summed E-state index contributed by atoms with van der Waals surface area (Å²) >= 11 is 0. The van der Waals surface area contributed by atoms with Gasteiger partial charge in [-0.05, 0) is 55.7 Å². The Balaban J connectivity index is 2.69. The molecule has 1 atom stereocenters. The molecule has 1 N–H and O–H groups in total. The SMILES string of the molecule is C=C(Cc1ccc(C)c(C)c1)C(CCC)CCO. The molecule has 0 saturated heterocycles. The number of hydrogen-bond acceptors (Lipinski definition) is 1. The topological polar surface area (TPSA) is 20.2 Å². The number of hydrogen-bond donors (Lipinski definition) is 1. The van der Waals surface area contributed by atoms with Crippen molar-refractivity contribution in [3.05, 3.63) is 47.0 Å². The van der Waals surface area contributed by atoms with E-state index in [4.69, 9.17) is 5.11 Å². The fourth-order valence-electron chi connectivity index (χ4n) is 2.38. The summed E-state index contributed by atoms with van der Waals surface area (Å²) in [6.07, 6.45) is 4.06. The molecule has 1 heteroatoms. The highest BCUT2D eigenvalue weighted by atomic mass is 16.3. The van der Waals surface area contributed by atoms with Gasteiger partial charge in [-0.2, -0.15) is 0 Å². The molecule has 0 fully saturated rings. The van der Waals surface area contributed by atoms with E-state index in [1.54, 1.807) is 0 Å². The fraction of sp³-hybridized carbons (Fsp3) is 0.529. The van der Waals surface area contributed by atoms with Crippen LogP contribution < -0.4 is 0 Å². The van der Waals surface area contributed by atoms with Crippen LogP contribution in [0.1, 0.15) is 42.9 Å². The minimum atomic E-state index is 0.261. The molecular weight excluding hydrogens is 220 g/mol. The maximum absolute atomic E-state index is 9.12. The van der Waals surface area contributed by atoms with E-state index in [0.29, 0.717) is 5.92 Å². The van der Waals surface area contributed by atoms with E-state index in [1.165, 1.54) is 22.3 Å². The summed E-state index contributed by atoms with van der Waals surface area (Å²) in [5, 5.41) is 9.12. The van der Waals surface area contributed by atoms with Crippen molar-refractivity contribution in [1.29, 1.82) is 0 Å². The van der Waals surface area contributed by atoms with Gasteiger partial charge in [0.05, 0.1) is 0 Å². The highest BCUT2D eigenvalue weighted by Gasteiger charge is 2.12. The smallest absolute Gasteiger partial charge is 0.0436 e. The van der Waals surface area contributed by atoms with Gasteiger partial charge in [-0.15, -0.1) is 0 Å². The molecule has 1 nitrogen and oxygen atoms in total. The van der Waals surface area contributed by atoms with Crippen LogP contribution in [0.2, 0.25) is 0 Å². The van der Waals surface area contributed by atoms with E-state index in [0.717, 1.165) is 25.7 Å². The lowest BCUT2D eigenvalue weighted by Crippen LogP contribution is -2.08. The first-order chi connectivity index (χ1) is 8.58. The second-order valence-corrected chi connectivity index (χ2v) is 5.25. The van der Waals surface area contributed by atoms with Crippen LogP contribution in [-0.2, 0) is 6.42 Å². The number of benzene rings is 1. The van der Waals surface area contributed by atoms with Crippen LogP contribution in [0.4, 0.5) is 0 Å². The molecule has 0 amide bonds. The molecule has 0 aromatic heterocycles. The maximum Gasteiger partial charge on any atom is 0.0436 e. The molecule has 0 spiro atoms. The first-order valence-electron chi connectivity index (χ1n) is 6.93. The number of allylic oxidation sites excluding steroid dienone is 1. The van der Waals surface area contributed by atoms with Gasteiger partial charge in [0.15, 0.2) is 0 Å². The second-order valence-electron chi connectivity index (χ2n) is 5.25. The third kappa shape index (κ3) is 4.30. The summed E-state index contributed by atoms with van der Waals surface area (Å²) in [6.45, 7) is 11.0. The summed E-state index contributed by atoms with van der Waals surface area (Å²) in [6, 6.07) is 6.62. The Kier molecular flexibility index (Phi) is 6.14. The van der Waals surface area contributed by atoms with Crippen LogP contribution in [-0.4, -0.2) is 11.7 Å². The van der Waals surface area contributed by atoms with Crippen molar-refractivity contribution in [2.45, 2.75) is 46.5 Å². The van der Waals surface area contributed by atoms with E-state index in [1.807, 2.05) is 0 Å². The van der Waals surface area contributed by atoms with Crippen molar-refractivity contribution >= 4 is 0 Å². The number of aliphatic hydroxyl groups is 1. The van der Waals surface area contributed by atoms with Gasteiger partial charge in [0.1, 0.15) is 0 Å². The largest absolute Gasteiger partial charge is 0.396 e. The molecule has 1 unspecified atom stereocenters. The van der Waals surface area contributed by atoms with E-state index in [9.17, 15) is 0 Å². The van der Waals surface area contributed by atoms with Gasteiger partial charge in [0, 0.05) is 6.61 Å². The second kappa shape index (κ2) is 7.38. The van der Waals surface area contributed by atoms with E-state index < -0.39 is 0 Å². The van der Waals surface area contributed by atoms with Gasteiger partial charge in [-0.1, -0.05) is 43.7 Å². The number of aryl methyl sites for hydroxylation is 2. The monoisotopic (exact) mass is 246 g/mol. The molecule has 1 aromatic rings. The summed E-state index contributed by atoms with van der Waals surface area (Å²) in [4.78, 5) is 0. The van der Waals surface area contributed by atoms with Crippen molar-refractivity contribution < 1.29 is 5.11 Å². The van der Waals surface area contributed by atoms with Gasteiger partial charge < -0.3 is 5.11 Å². The number of rotatable bonds is 7. The minimum Gasteiger partial charge on any atom is -0.396 e. The summed E-state index contributed by atoms with van der Waals surface area (Å²) in [7, 11) is 0. The van der Waals surface area contributed by atoms with Crippen molar-refractivity contribution in [1.82, 2.24) is 0 Å². The molecule has 0 saturated carbocycles. The Morgan fingerprint density at radius 3 is 2.50 bits per heavy atom. The predicted molar refractivity (Wildman–Crippen MR) is 78.9 cm³/mol. The van der Waals surface area contributed by atoms with Gasteiger partial charge in [-0.3, -0.25) is 0 Å². The first kappa shape index (κ1) is 15.0. The normalized spacial score (nSPS) is 12.4. The van der Waals surface area contributed by atoms with Crippen molar-refractivity contribution in [3.63, 3.8) is 0 Å². The Hall–Kier alpha value is -1.08. The Bertz CT molecular complexity index is 387. The molecule has 0 aliphatic rings. The zero-order chi connectivity index (χ0) is 13.5. The maximum atomic E-state index is 9.12. The summed E-state index contributed by atoms with van der Waals surface area (Å²) < 4.78 is 0. The minimum absolute atomic E-state index is 0.261. The van der Waals surface area contributed by atoms with E-state index in [2.05, 4.69) is 45.5 Å². The van der Waals surface area contributed by atoms with Gasteiger partial charge in [0.2, 0.25) is 0 Å². The molecule has 0 bridgehead atoms. The average molecular weight is 246 g/mol. The van der Waals surface area contributed by atoms with Crippen molar-refractivity contribution in [3.8, 4) is 0 Å². The fourth-order valence-corrected chi connectivity index (χ4v) is 2.38.